The number of hydrogen-bond acceptors (Lipinski definition) is 3. The van der Waals surface area contributed by atoms with Gasteiger partial charge in [-0.15, -0.1) is 11.6 Å². The summed E-state index contributed by atoms with van der Waals surface area (Å²) in [5, 5.41) is 0.271. The van der Waals surface area contributed by atoms with Crippen molar-refractivity contribution in [3.63, 3.8) is 0 Å². The maximum Gasteiger partial charge on any atom is 0.120 e. The molecule has 5 heteroatoms. The van der Waals surface area contributed by atoms with E-state index in [1.54, 1.807) is 13.2 Å². The van der Waals surface area contributed by atoms with E-state index in [0.717, 1.165) is 5.56 Å². The molecule has 0 aliphatic carbocycles. The van der Waals surface area contributed by atoms with E-state index in [2.05, 4.69) is 0 Å². The molecule has 2 unspecified atom stereocenters. The van der Waals surface area contributed by atoms with Gasteiger partial charge in [0, 0.05) is 5.02 Å². The fourth-order valence-corrected chi connectivity index (χ4v) is 2.41. The molecule has 1 saturated heterocycles. The van der Waals surface area contributed by atoms with Gasteiger partial charge >= 0.3 is 0 Å². The molecule has 0 spiro atoms. The summed E-state index contributed by atoms with van der Waals surface area (Å²) in [6, 6.07) is 5.44. The van der Waals surface area contributed by atoms with E-state index in [1.165, 1.54) is 0 Å². The number of rotatable bonds is 3. The first-order chi connectivity index (χ1) is 8.22. The van der Waals surface area contributed by atoms with E-state index in [0.29, 0.717) is 30.6 Å². The molecule has 2 rings (SSSR count). The molecule has 0 aromatic heterocycles. The number of benzene rings is 1. The summed E-state index contributed by atoms with van der Waals surface area (Å²) < 4.78 is 16.0. The first kappa shape index (κ1) is 13.0. The van der Waals surface area contributed by atoms with Gasteiger partial charge in [-0.25, -0.2) is 0 Å². The molecule has 1 heterocycles. The van der Waals surface area contributed by atoms with E-state index in [1.807, 2.05) is 12.1 Å². The number of hydrogen-bond donors (Lipinski definition) is 0. The zero-order valence-corrected chi connectivity index (χ0v) is 11.0. The Morgan fingerprint density at radius 2 is 2.24 bits per heavy atom. The highest BCUT2D eigenvalue weighted by atomic mass is 35.5. The van der Waals surface area contributed by atoms with E-state index < -0.39 is 0 Å². The predicted octanol–water partition coefficient (Wildman–Crippen LogP) is 3.04. The van der Waals surface area contributed by atoms with Crippen molar-refractivity contribution in [3.05, 3.63) is 28.8 Å². The zero-order valence-electron chi connectivity index (χ0n) is 9.49. The lowest BCUT2D eigenvalue weighted by atomic mass is 10.1. The van der Waals surface area contributed by atoms with Crippen molar-refractivity contribution in [2.24, 2.45) is 0 Å². The van der Waals surface area contributed by atoms with E-state index in [9.17, 15) is 0 Å². The minimum Gasteiger partial charge on any atom is -0.497 e. The second kappa shape index (κ2) is 5.91. The van der Waals surface area contributed by atoms with Crippen molar-refractivity contribution in [2.45, 2.75) is 11.5 Å². The normalized spacial score (nSPS) is 22.2. The molecule has 3 nitrogen and oxygen atoms in total. The summed E-state index contributed by atoms with van der Waals surface area (Å²) in [5.41, 5.74) is 0.838. The smallest absolute Gasteiger partial charge is 0.120 e. The number of alkyl halides is 1. The van der Waals surface area contributed by atoms with Crippen LogP contribution in [0.2, 0.25) is 5.02 Å². The van der Waals surface area contributed by atoms with Crippen LogP contribution in [0.4, 0.5) is 0 Å². The lowest BCUT2D eigenvalue weighted by Crippen LogP contribution is -2.32. The molecule has 0 saturated carbocycles. The van der Waals surface area contributed by atoms with Gasteiger partial charge in [-0.3, -0.25) is 0 Å². The van der Waals surface area contributed by atoms with Gasteiger partial charge in [0.2, 0.25) is 0 Å². The summed E-state index contributed by atoms with van der Waals surface area (Å²) in [6.45, 7) is 1.69. The second-order valence-electron chi connectivity index (χ2n) is 3.77. The highest BCUT2D eigenvalue weighted by Crippen LogP contribution is 2.34. The van der Waals surface area contributed by atoms with Gasteiger partial charge in [0.15, 0.2) is 0 Å². The Morgan fingerprint density at radius 1 is 1.41 bits per heavy atom. The van der Waals surface area contributed by atoms with Crippen molar-refractivity contribution < 1.29 is 14.2 Å². The molecule has 0 bridgehead atoms. The molecule has 1 aromatic carbocycles. The van der Waals surface area contributed by atoms with Crippen LogP contribution in [0.15, 0.2) is 18.2 Å². The summed E-state index contributed by atoms with van der Waals surface area (Å²) >= 11 is 12.5. The van der Waals surface area contributed by atoms with Gasteiger partial charge in [0.1, 0.15) is 11.9 Å². The van der Waals surface area contributed by atoms with Crippen LogP contribution in [0.5, 0.6) is 5.75 Å². The van der Waals surface area contributed by atoms with Gasteiger partial charge in [-0.2, -0.15) is 0 Å². The van der Waals surface area contributed by atoms with Crippen LogP contribution in [0.25, 0.3) is 0 Å². The molecular formula is C12H14Cl2O3. The largest absolute Gasteiger partial charge is 0.497 e. The minimum absolute atomic E-state index is 0.156. The van der Waals surface area contributed by atoms with Gasteiger partial charge in [-0.05, 0) is 17.7 Å². The van der Waals surface area contributed by atoms with Crippen LogP contribution in [0.3, 0.4) is 0 Å². The third-order valence-electron chi connectivity index (χ3n) is 2.67. The third-order valence-corrected chi connectivity index (χ3v) is 3.52. The lowest BCUT2D eigenvalue weighted by molar-refractivity contribution is -0.0892. The molecule has 1 fully saturated rings. The molecule has 1 aliphatic heterocycles. The standard InChI is InChI=1S/C12H14Cl2O3/c1-15-8-2-3-9(10(13)6-8)12(14)11-7-16-4-5-17-11/h2-3,6,11-12H,4-5,7H2,1H3. The molecular weight excluding hydrogens is 263 g/mol. The van der Waals surface area contributed by atoms with Crippen molar-refractivity contribution in [2.75, 3.05) is 26.9 Å². The Labute approximate surface area is 111 Å². The van der Waals surface area contributed by atoms with Gasteiger partial charge in [0.25, 0.3) is 0 Å². The highest BCUT2D eigenvalue weighted by Gasteiger charge is 2.26. The minimum atomic E-state index is -0.311. The molecule has 2 atom stereocenters. The van der Waals surface area contributed by atoms with Crippen LogP contribution in [-0.4, -0.2) is 33.0 Å². The van der Waals surface area contributed by atoms with Crippen molar-refractivity contribution in [1.82, 2.24) is 0 Å². The Kier molecular flexibility index (Phi) is 4.51. The SMILES string of the molecule is COc1ccc(C(Cl)C2COCCO2)c(Cl)c1. The average Bonchev–Trinajstić information content (AvgIpc) is 2.39. The molecule has 94 valence electrons. The Balaban J connectivity index is 2.15. The van der Waals surface area contributed by atoms with Crippen LogP contribution < -0.4 is 4.74 Å². The van der Waals surface area contributed by atoms with Crippen LogP contribution >= 0.6 is 23.2 Å². The van der Waals surface area contributed by atoms with Crippen molar-refractivity contribution in [1.29, 1.82) is 0 Å². The summed E-state index contributed by atoms with van der Waals surface area (Å²) in [6.07, 6.45) is -0.156. The van der Waals surface area contributed by atoms with Gasteiger partial charge in [-0.1, -0.05) is 17.7 Å². The van der Waals surface area contributed by atoms with E-state index in [4.69, 9.17) is 37.4 Å². The number of ether oxygens (including phenoxy) is 3. The molecule has 1 aliphatic rings. The first-order valence-electron chi connectivity index (χ1n) is 5.39. The maximum atomic E-state index is 6.36. The van der Waals surface area contributed by atoms with Gasteiger partial charge in [0.05, 0.1) is 32.3 Å². The molecule has 1 aromatic rings. The Morgan fingerprint density at radius 3 is 2.82 bits per heavy atom. The van der Waals surface area contributed by atoms with E-state index in [-0.39, 0.29) is 11.5 Å². The summed E-state index contributed by atoms with van der Waals surface area (Å²) in [5.74, 6) is 0.712. The monoisotopic (exact) mass is 276 g/mol. The quantitative estimate of drug-likeness (QED) is 0.795. The number of methoxy groups -OCH3 is 1. The van der Waals surface area contributed by atoms with Crippen molar-refractivity contribution >= 4 is 23.2 Å². The third kappa shape index (κ3) is 3.05. The Bertz CT molecular complexity index is 378. The average molecular weight is 277 g/mol. The second-order valence-corrected chi connectivity index (χ2v) is 4.65. The van der Waals surface area contributed by atoms with E-state index >= 15 is 0 Å². The molecule has 0 N–H and O–H groups in total. The Hall–Kier alpha value is -0.480. The number of halogens is 2. The van der Waals surface area contributed by atoms with Crippen LogP contribution in [-0.2, 0) is 9.47 Å². The summed E-state index contributed by atoms with van der Waals surface area (Å²) in [4.78, 5) is 0. The van der Waals surface area contributed by atoms with Crippen molar-refractivity contribution in [3.8, 4) is 5.75 Å². The zero-order chi connectivity index (χ0) is 12.3. The van der Waals surface area contributed by atoms with Crippen LogP contribution in [0, 0.1) is 0 Å². The lowest BCUT2D eigenvalue weighted by Gasteiger charge is -2.27. The molecule has 17 heavy (non-hydrogen) atoms. The maximum absolute atomic E-state index is 6.36. The summed E-state index contributed by atoms with van der Waals surface area (Å²) in [7, 11) is 1.60. The first-order valence-corrected chi connectivity index (χ1v) is 6.20. The molecule has 0 amide bonds. The van der Waals surface area contributed by atoms with Gasteiger partial charge < -0.3 is 14.2 Å². The fraction of sp³-hybridized carbons (Fsp3) is 0.500. The fourth-order valence-electron chi connectivity index (χ4n) is 1.73. The predicted molar refractivity (Wildman–Crippen MR) is 67.2 cm³/mol. The topological polar surface area (TPSA) is 27.7 Å². The van der Waals surface area contributed by atoms with Crippen LogP contribution in [0.1, 0.15) is 10.9 Å². The molecule has 0 radical (unpaired) electrons. The highest BCUT2D eigenvalue weighted by molar-refractivity contribution is 6.33.